The molecule has 0 unspecified atom stereocenters. The summed E-state index contributed by atoms with van der Waals surface area (Å²) in [5, 5.41) is 0. The van der Waals surface area contributed by atoms with Crippen LogP contribution in [0.4, 0.5) is 0 Å². The summed E-state index contributed by atoms with van der Waals surface area (Å²) in [4.78, 5) is 53.7. The first-order valence-corrected chi connectivity index (χ1v) is 16.1. The Balaban J connectivity index is 1.13. The molecule has 2 aromatic heterocycles. The third kappa shape index (κ3) is 5.47. The molecule has 0 saturated carbocycles. The van der Waals surface area contributed by atoms with Crippen molar-refractivity contribution in [2.24, 2.45) is 0 Å². The van der Waals surface area contributed by atoms with Gasteiger partial charge in [0.05, 0.1) is 12.2 Å². The average Bonchev–Trinajstić information content (AvgIpc) is 3.58. The first kappa shape index (κ1) is 29.9. The van der Waals surface area contributed by atoms with Gasteiger partial charge in [0.1, 0.15) is 24.4 Å². The van der Waals surface area contributed by atoms with Crippen LogP contribution in [0, 0.1) is 13.8 Å². The van der Waals surface area contributed by atoms with Gasteiger partial charge in [-0.25, -0.2) is 9.59 Å². The lowest BCUT2D eigenvalue weighted by atomic mass is 10.1. The van der Waals surface area contributed by atoms with Gasteiger partial charge in [-0.3, -0.25) is 28.7 Å². The van der Waals surface area contributed by atoms with Crippen molar-refractivity contribution in [1.29, 1.82) is 0 Å². The number of hydrogen-bond donors (Lipinski definition) is 2. The maximum Gasteiger partial charge on any atom is 0.330 e. The molecule has 6 heterocycles. The van der Waals surface area contributed by atoms with E-state index in [2.05, 4.69) is 9.97 Å². The van der Waals surface area contributed by atoms with E-state index in [-0.39, 0.29) is 0 Å². The number of aryl methyl sites for hydroxylation is 2. The summed E-state index contributed by atoms with van der Waals surface area (Å²) in [6.45, 7) is 10.5. The molecule has 6 rings (SSSR count). The van der Waals surface area contributed by atoms with Crippen molar-refractivity contribution in [2.45, 2.75) is 102 Å². The van der Waals surface area contributed by atoms with Crippen LogP contribution in [0.25, 0.3) is 0 Å². The summed E-state index contributed by atoms with van der Waals surface area (Å²) in [6.07, 6.45) is -1.27. The van der Waals surface area contributed by atoms with Gasteiger partial charge in [0.15, 0.2) is 24.0 Å². The van der Waals surface area contributed by atoms with Gasteiger partial charge in [0, 0.05) is 35.0 Å². The minimum Gasteiger partial charge on any atom is -0.348 e. The largest absolute Gasteiger partial charge is 0.348 e. The number of rotatable bonds is 7. The summed E-state index contributed by atoms with van der Waals surface area (Å²) in [5.41, 5.74) is -1.28. The lowest BCUT2D eigenvalue weighted by Gasteiger charge is -2.25. The number of nitrogens with one attached hydrogen (secondary N) is 2. The van der Waals surface area contributed by atoms with Crippen LogP contribution in [0.3, 0.4) is 0 Å². The Hall–Kier alpha value is -2.18. The van der Waals surface area contributed by atoms with E-state index in [0.29, 0.717) is 22.6 Å². The third-order valence-corrected chi connectivity index (χ3v) is 10.1. The predicted molar refractivity (Wildman–Crippen MR) is 153 cm³/mol. The van der Waals surface area contributed by atoms with Crippen LogP contribution >= 0.6 is 21.6 Å². The molecule has 4 aliphatic rings. The lowest BCUT2D eigenvalue weighted by Crippen LogP contribution is -2.38. The molecule has 2 aromatic rings. The molecular formula is C26H34N4O10S2. The summed E-state index contributed by atoms with van der Waals surface area (Å²) >= 11 is 0. The van der Waals surface area contributed by atoms with Crippen LogP contribution in [0.15, 0.2) is 31.6 Å². The van der Waals surface area contributed by atoms with Gasteiger partial charge in [-0.1, -0.05) is 21.6 Å². The van der Waals surface area contributed by atoms with E-state index in [4.69, 9.17) is 28.4 Å². The summed E-state index contributed by atoms with van der Waals surface area (Å²) < 4.78 is 39.8. The van der Waals surface area contributed by atoms with Crippen molar-refractivity contribution in [3.05, 3.63) is 65.2 Å². The fourth-order valence-electron chi connectivity index (χ4n) is 5.82. The number of hydrogen-bond acceptors (Lipinski definition) is 12. The normalized spacial score (nSPS) is 34.5. The number of H-pyrrole nitrogens is 2. The monoisotopic (exact) mass is 626 g/mol. The summed E-state index contributed by atoms with van der Waals surface area (Å²) in [6, 6.07) is 0. The first-order chi connectivity index (χ1) is 19.7. The molecular weight excluding hydrogens is 592 g/mol. The van der Waals surface area contributed by atoms with Gasteiger partial charge in [-0.15, -0.1) is 0 Å². The van der Waals surface area contributed by atoms with Crippen LogP contribution in [0.5, 0.6) is 0 Å². The maximum atomic E-state index is 12.6. The molecule has 230 valence electrons. The topological polar surface area (TPSA) is 165 Å². The van der Waals surface area contributed by atoms with Crippen molar-refractivity contribution in [2.75, 3.05) is 11.5 Å². The standard InChI is InChI=1S/C26H34N4O10S2/c1-11-7-29(23(33)27-19(11)31)21-17-15(37-25(3,4)39-17)13(35-21)9-41-42-10-14-16-18(40-26(5,6)38-16)22(36-14)30-8-12(2)20(32)28-24(30)34/h7-8,13-18,21-22H,9-10H2,1-6H3,(H,27,31,33)(H,28,32,34)/t13-,14-,15-,16-,17-,18-,21-,22-/m1/s1. The number of aromatic amines is 2. The van der Waals surface area contributed by atoms with Gasteiger partial charge in [-0.2, -0.15) is 0 Å². The molecule has 0 amide bonds. The molecule has 14 nitrogen and oxygen atoms in total. The second-order valence-electron chi connectivity index (χ2n) is 11.8. The Morgan fingerprint density at radius 3 is 1.40 bits per heavy atom. The highest BCUT2D eigenvalue weighted by Crippen LogP contribution is 2.46. The van der Waals surface area contributed by atoms with Crippen molar-refractivity contribution >= 4 is 21.6 Å². The number of fused-ring (bicyclic) bond motifs is 2. The van der Waals surface area contributed by atoms with Crippen LogP contribution in [-0.4, -0.2) is 78.8 Å². The zero-order chi connectivity index (χ0) is 30.1. The van der Waals surface area contributed by atoms with Gasteiger partial charge in [0.2, 0.25) is 0 Å². The van der Waals surface area contributed by atoms with Crippen LogP contribution < -0.4 is 22.5 Å². The molecule has 16 heteroatoms. The van der Waals surface area contributed by atoms with E-state index in [1.807, 2.05) is 27.7 Å². The second-order valence-corrected chi connectivity index (χ2v) is 14.3. The molecule has 0 radical (unpaired) electrons. The fourth-order valence-corrected chi connectivity index (χ4v) is 8.19. The van der Waals surface area contributed by atoms with Crippen molar-refractivity contribution < 1.29 is 28.4 Å². The fraction of sp³-hybridized carbons (Fsp3) is 0.692. The quantitative estimate of drug-likeness (QED) is 0.330. The molecule has 4 fully saturated rings. The van der Waals surface area contributed by atoms with Crippen molar-refractivity contribution in [1.82, 2.24) is 19.1 Å². The molecule has 0 aromatic carbocycles. The number of ether oxygens (including phenoxy) is 6. The molecule has 0 spiro atoms. The van der Waals surface area contributed by atoms with Crippen LogP contribution in [0.1, 0.15) is 51.3 Å². The Morgan fingerprint density at radius 2 is 1.02 bits per heavy atom. The average molecular weight is 627 g/mol. The second kappa shape index (κ2) is 10.8. The zero-order valence-corrected chi connectivity index (χ0v) is 25.6. The van der Waals surface area contributed by atoms with Gasteiger partial charge < -0.3 is 28.4 Å². The van der Waals surface area contributed by atoms with Crippen LogP contribution in [-0.2, 0) is 28.4 Å². The smallest absolute Gasteiger partial charge is 0.330 e. The first-order valence-electron chi connectivity index (χ1n) is 13.6. The Bertz CT molecular complexity index is 1480. The van der Waals surface area contributed by atoms with Gasteiger partial charge >= 0.3 is 11.4 Å². The predicted octanol–water partition coefficient (Wildman–Crippen LogP) is 0.920. The van der Waals surface area contributed by atoms with Crippen molar-refractivity contribution in [3.8, 4) is 0 Å². The van der Waals surface area contributed by atoms with Gasteiger partial charge in [-0.05, 0) is 41.5 Å². The van der Waals surface area contributed by atoms with E-state index in [0.717, 1.165) is 0 Å². The highest BCUT2D eigenvalue weighted by molar-refractivity contribution is 8.76. The van der Waals surface area contributed by atoms with E-state index in [9.17, 15) is 19.2 Å². The van der Waals surface area contributed by atoms with E-state index < -0.39 is 83.2 Å². The minimum atomic E-state index is -0.860. The summed E-state index contributed by atoms with van der Waals surface area (Å²) in [5.74, 6) is -0.684. The molecule has 2 N–H and O–H groups in total. The lowest BCUT2D eigenvalue weighted by molar-refractivity contribution is -0.194. The number of aromatic nitrogens is 4. The molecule has 4 saturated heterocycles. The highest BCUT2D eigenvalue weighted by Gasteiger charge is 2.57. The minimum absolute atomic E-state index is 0.384. The zero-order valence-electron chi connectivity index (χ0n) is 24.0. The molecule has 4 aliphatic heterocycles. The Kier molecular flexibility index (Phi) is 7.66. The molecule has 42 heavy (non-hydrogen) atoms. The van der Waals surface area contributed by atoms with E-state index >= 15 is 0 Å². The third-order valence-electron chi connectivity index (χ3n) is 7.64. The van der Waals surface area contributed by atoms with Crippen LogP contribution in [0.2, 0.25) is 0 Å². The molecule has 0 aliphatic carbocycles. The SMILES string of the molecule is Cc1cn([C@@H]2O[C@H](CSSC[C@H]3O[C@@H](n4cc(C)c(=O)[nH]c4=O)[C@@H]4OC(C)(C)O[C@@H]43)[C@H]3OC(C)(C)O[C@H]32)c(=O)[nH]c1=O. The highest BCUT2D eigenvalue weighted by atomic mass is 33.1. The van der Waals surface area contributed by atoms with E-state index in [1.165, 1.54) is 21.5 Å². The Morgan fingerprint density at radius 1 is 0.667 bits per heavy atom. The van der Waals surface area contributed by atoms with E-state index in [1.54, 1.807) is 35.4 Å². The van der Waals surface area contributed by atoms with Crippen molar-refractivity contribution in [3.63, 3.8) is 0 Å². The maximum absolute atomic E-state index is 12.6. The Labute approximate surface area is 247 Å². The number of nitrogens with zero attached hydrogens (tertiary/aromatic N) is 2. The summed E-state index contributed by atoms with van der Waals surface area (Å²) in [7, 11) is 3.10. The van der Waals surface area contributed by atoms with Gasteiger partial charge in [0.25, 0.3) is 11.1 Å². The molecule has 8 atom stereocenters. The molecule has 0 bridgehead atoms.